The van der Waals surface area contributed by atoms with E-state index in [9.17, 15) is 26.7 Å². The molecule has 2 atom stereocenters. The number of aliphatic hydroxyl groups is 1. The van der Waals surface area contributed by atoms with Crippen molar-refractivity contribution < 1.29 is 36.2 Å². The van der Waals surface area contributed by atoms with Gasteiger partial charge in [0.2, 0.25) is 20.0 Å². The highest BCUT2D eigenvalue weighted by molar-refractivity contribution is 7.89. The molecule has 2 fully saturated rings. The highest BCUT2D eigenvalue weighted by atomic mass is 32.2. The third kappa shape index (κ3) is 8.82. The third-order valence-corrected chi connectivity index (χ3v) is 13.4. The molecule has 2 N–H and O–H groups in total. The fourth-order valence-electron chi connectivity index (χ4n) is 6.66. The first-order chi connectivity index (χ1) is 25.5. The van der Waals surface area contributed by atoms with Crippen molar-refractivity contribution in [3.05, 3.63) is 64.7 Å². The normalized spacial score (nSPS) is 17.6. The van der Waals surface area contributed by atoms with E-state index in [0.29, 0.717) is 70.3 Å². The molecule has 2 aromatic heterocycles. The minimum absolute atomic E-state index is 0.0466. The van der Waals surface area contributed by atoms with Gasteiger partial charge >= 0.3 is 0 Å². The molecular weight excluding hydrogens is 725 g/mol. The van der Waals surface area contributed by atoms with E-state index < -0.39 is 37.8 Å². The summed E-state index contributed by atoms with van der Waals surface area (Å²) >= 11 is 0. The average Bonchev–Trinajstić information content (AvgIpc) is 3.60. The second kappa shape index (κ2) is 17.2. The van der Waals surface area contributed by atoms with Crippen molar-refractivity contribution in [2.45, 2.75) is 74.3 Å². The Hall–Kier alpha value is -3.71. The lowest BCUT2D eigenvalue weighted by Crippen LogP contribution is -2.40. The summed E-state index contributed by atoms with van der Waals surface area (Å²) in [6, 6.07) is 11.2. The van der Waals surface area contributed by atoms with Crippen LogP contribution in [-0.2, 0) is 35.9 Å². The van der Waals surface area contributed by atoms with Gasteiger partial charge in [0.1, 0.15) is 11.6 Å². The zero-order chi connectivity index (χ0) is 37.6. The molecule has 15 nitrogen and oxygen atoms in total. The van der Waals surface area contributed by atoms with Gasteiger partial charge in [0.05, 0.1) is 66.9 Å². The van der Waals surface area contributed by atoms with Gasteiger partial charge in [0.15, 0.2) is 11.2 Å². The lowest BCUT2D eigenvalue weighted by molar-refractivity contribution is 0.0730. The number of nitrogens with zero attached hydrogens (tertiary/aromatic N) is 5. The van der Waals surface area contributed by atoms with Crippen molar-refractivity contribution in [2.75, 3.05) is 59.2 Å². The summed E-state index contributed by atoms with van der Waals surface area (Å²) in [6.45, 7) is 6.61. The van der Waals surface area contributed by atoms with E-state index in [1.807, 2.05) is 19.1 Å². The molecule has 0 aliphatic carbocycles. The maximum atomic E-state index is 13.6. The number of aryl methyl sites for hydroxylation is 1. The number of hydrogen-bond acceptors (Lipinski definition) is 11. The number of morpholine rings is 2. The first-order valence-corrected chi connectivity index (χ1v) is 21.1. The molecule has 0 bridgehead atoms. The maximum absolute atomic E-state index is 13.6. The smallest absolute Gasteiger partial charge is 0.279 e. The first kappa shape index (κ1) is 39.0. The predicted octanol–water partition coefficient (Wildman–Crippen LogP) is 3.34. The zero-order valence-electron chi connectivity index (χ0n) is 30.1. The Morgan fingerprint density at radius 2 is 1.51 bits per heavy atom. The van der Waals surface area contributed by atoms with Crippen molar-refractivity contribution >= 4 is 31.2 Å². The summed E-state index contributed by atoms with van der Waals surface area (Å²) in [5, 5.41) is 10.9. The number of hydrogen-bond donors (Lipinski definition) is 2. The van der Waals surface area contributed by atoms with E-state index in [1.54, 1.807) is 29.7 Å². The molecule has 2 unspecified atom stereocenters. The number of aromatic amines is 1. The number of imidazole rings is 1. The maximum Gasteiger partial charge on any atom is 0.279 e. The van der Waals surface area contributed by atoms with E-state index in [0.717, 1.165) is 31.2 Å². The van der Waals surface area contributed by atoms with E-state index >= 15 is 0 Å². The van der Waals surface area contributed by atoms with Crippen LogP contribution in [0.4, 0.5) is 0 Å². The van der Waals surface area contributed by atoms with Gasteiger partial charge in [-0.3, -0.25) is 4.79 Å². The molecule has 2 saturated heterocycles. The van der Waals surface area contributed by atoms with Gasteiger partial charge in [-0.05, 0) is 68.5 Å². The second-order valence-corrected chi connectivity index (χ2v) is 17.2. The van der Waals surface area contributed by atoms with E-state index in [2.05, 4.69) is 9.97 Å². The molecule has 0 saturated carbocycles. The van der Waals surface area contributed by atoms with Crippen LogP contribution in [0.3, 0.4) is 0 Å². The second-order valence-electron chi connectivity index (χ2n) is 13.3. The Morgan fingerprint density at radius 3 is 2.13 bits per heavy atom. The lowest BCUT2D eigenvalue weighted by Gasteiger charge is -2.26. The Bertz CT molecular complexity index is 2120. The molecule has 17 heteroatoms. The SMILES string of the molecule is CCCOc1ccc(S(=O)(=O)N2CCOCC2)cc1-c1nc2c(ncn2C(CCCCCc2ccc(S(=O)(=O)N3CCOCC3)cc2)C(C)O)c(=O)[nH]1. The number of unbranched alkanes of at least 4 members (excludes halogenated alkanes) is 2. The van der Waals surface area contributed by atoms with Crippen molar-refractivity contribution in [3.8, 4) is 17.1 Å². The molecule has 53 heavy (non-hydrogen) atoms. The van der Waals surface area contributed by atoms with Crippen LogP contribution >= 0.6 is 0 Å². The molecule has 0 amide bonds. The summed E-state index contributed by atoms with van der Waals surface area (Å²) in [5.41, 5.74) is 1.23. The van der Waals surface area contributed by atoms with Gasteiger partial charge in [0, 0.05) is 26.2 Å². The number of aliphatic hydroxyl groups excluding tert-OH is 1. The molecule has 0 radical (unpaired) electrons. The molecule has 0 spiro atoms. The lowest BCUT2D eigenvalue weighted by atomic mass is 10.0. The highest BCUT2D eigenvalue weighted by Gasteiger charge is 2.29. The van der Waals surface area contributed by atoms with Crippen LogP contribution in [-0.4, -0.2) is 115 Å². The van der Waals surface area contributed by atoms with Gasteiger partial charge in [-0.15, -0.1) is 0 Å². The topological polar surface area (TPSA) is 186 Å². The van der Waals surface area contributed by atoms with Gasteiger partial charge in [-0.1, -0.05) is 31.9 Å². The summed E-state index contributed by atoms with van der Waals surface area (Å²) in [4.78, 5) is 25.6. The van der Waals surface area contributed by atoms with Crippen LogP contribution < -0.4 is 10.3 Å². The summed E-state index contributed by atoms with van der Waals surface area (Å²) in [5.74, 6) is 0.504. The quantitative estimate of drug-likeness (QED) is 0.159. The third-order valence-electron chi connectivity index (χ3n) is 9.62. The predicted molar refractivity (Wildman–Crippen MR) is 198 cm³/mol. The Labute approximate surface area is 310 Å². The van der Waals surface area contributed by atoms with Gasteiger partial charge in [-0.25, -0.2) is 26.8 Å². The van der Waals surface area contributed by atoms with Gasteiger partial charge in [0.25, 0.3) is 5.56 Å². The fourth-order valence-corrected chi connectivity index (χ4v) is 9.50. The molecule has 2 aliphatic heterocycles. The van der Waals surface area contributed by atoms with E-state index in [1.165, 1.54) is 27.1 Å². The number of ether oxygens (including phenoxy) is 3. The Kier molecular flexibility index (Phi) is 12.6. The minimum Gasteiger partial charge on any atom is -0.493 e. The van der Waals surface area contributed by atoms with Crippen LogP contribution in [0, 0.1) is 0 Å². The number of rotatable bonds is 16. The van der Waals surface area contributed by atoms with Crippen molar-refractivity contribution in [1.29, 1.82) is 0 Å². The molecule has 2 aliphatic rings. The number of nitrogens with one attached hydrogen (secondary N) is 1. The van der Waals surface area contributed by atoms with E-state index in [4.69, 9.17) is 19.2 Å². The van der Waals surface area contributed by atoms with Crippen molar-refractivity contribution in [3.63, 3.8) is 0 Å². The first-order valence-electron chi connectivity index (χ1n) is 18.2. The number of sulfonamides is 2. The fraction of sp³-hybridized carbons (Fsp3) is 0.528. The minimum atomic E-state index is -3.85. The largest absolute Gasteiger partial charge is 0.493 e. The summed E-state index contributed by atoms with van der Waals surface area (Å²) in [6.07, 6.45) is 5.27. The number of aromatic nitrogens is 4. The highest BCUT2D eigenvalue weighted by Crippen LogP contribution is 2.33. The van der Waals surface area contributed by atoms with Crippen molar-refractivity contribution in [1.82, 2.24) is 28.1 Å². The molecule has 4 aromatic rings. The van der Waals surface area contributed by atoms with E-state index in [-0.39, 0.29) is 39.9 Å². The Morgan fingerprint density at radius 1 is 0.887 bits per heavy atom. The number of benzene rings is 2. The standard InChI is InChI=1S/C36H48N6O9S2/c1-3-19-51-32-14-13-29(53(47,48)41-17-22-50-23-18-41)24-30(32)34-38-35-33(36(44)39-34)37-25-42(35)31(26(2)43)8-6-4-5-7-27-9-11-28(12-10-27)52(45,46)40-15-20-49-21-16-40/h9-14,24-26,31,43H,3-8,15-23H2,1-2H3,(H,38,39,44). The molecule has 288 valence electrons. The summed E-state index contributed by atoms with van der Waals surface area (Å²) in [7, 11) is -7.40. The monoisotopic (exact) mass is 772 g/mol. The molecule has 2 aromatic carbocycles. The number of fused-ring (bicyclic) bond motifs is 1. The van der Waals surface area contributed by atoms with Crippen LogP contribution in [0.25, 0.3) is 22.6 Å². The summed E-state index contributed by atoms with van der Waals surface area (Å²) < 4.78 is 74.1. The Balaban J connectivity index is 1.17. The van der Waals surface area contributed by atoms with Crippen LogP contribution in [0.2, 0.25) is 0 Å². The van der Waals surface area contributed by atoms with Crippen LogP contribution in [0.1, 0.15) is 57.6 Å². The van der Waals surface area contributed by atoms with Crippen LogP contribution in [0.5, 0.6) is 5.75 Å². The van der Waals surface area contributed by atoms with Gasteiger partial charge in [-0.2, -0.15) is 8.61 Å². The molecular formula is C36H48N6O9S2. The van der Waals surface area contributed by atoms with Crippen LogP contribution in [0.15, 0.2) is 63.4 Å². The number of H-pyrrole nitrogens is 1. The molecule has 4 heterocycles. The van der Waals surface area contributed by atoms with Gasteiger partial charge < -0.3 is 28.9 Å². The molecule has 6 rings (SSSR count). The zero-order valence-corrected chi connectivity index (χ0v) is 31.8. The average molecular weight is 773 g/mol. The van der Waals surface area contributed by atoms with Crippen molar-refractivity contribution in [2.24, 2.45) is 0 Å².